The lowest BCUT2D eigenvalue weighted by Crippen LogP contribution is -2.14. The van der Waals surface area contributed by atoms with E-state index in [2.05, 4.69) is 5.32 Å². The lowest BCUT2D eigenvalue weighted by molar-refractivity contribution is -0.116. The number of thioether (sulfide) groups is 1. The van der Waals surface area contributed by atoms with Crippen molar-refractivity contribution in [2.45, 2.75) is 33.6 Å². The Kier molecular flexibility index (Phi) is 7.09. The number of hydrogen-bond acceptors (Lipinski definition) is 5. The van der Waals surface area contributed by atoms with E-state index in [-0.39, 0.29) is 11.9 Å². The molecule has 1 aromatic rings. The highest BCUT2D eigenvalue weighted by Gasteiger charge is 2.21. The average Bonchev–Trinajstić information content (AvgIpc) is 2.65. The number of ether oxygens (including phenoxy) is 1. The Morgan fingerprint density at radius 1 is 1.35 bits per heavy atom. The normalized spacial score (nSPS) is 10.4. The molecule has 1 amide bonds. The van der Waals surface area contributed by atoms with Gasteiger partial charge in [-0.05, 0) is 44.8 Å². The van der Waals surface area contributed by atoms with E-state index in [4.69, 9.17) is 4.74 Å². The van der Waals surface area contributed by atoms with Crippen molar-refractivity contribution < 1.29 is 14.3 Å². The van der Waals surface area contributed by atoms with E-state index in [1.165, 1.54) is 11.3 Å². The van der Waals surface area contributed by atoms with E-state index in [9.17, 15) is 9.59 Å². The number of thiophene rings is 1. The maximum absolute atomic E-state index is 12.0. The van der Waals surface area contributed by atoms with Crippen molar-refractivity contribution in [3.8, 4) is 0 Å². The van der Waals surface area contributed by atoms with Gasteiger partial charge in [-0.2, -0.15) is 11.8 Å². The summed E-state index contributed by atoms with van der Waals surface area (Å²) in [6.07, 6.45) is 3.33. The van der Waals surface area contributed by atoms with Gasteiger partial charge in [0.2, 0.25) is 5.91 Å². The molecule has 0 unspecified atom stereocenters. The van der Waals surface area contributed by atoms with Gasteiger partial charge >= 0.3 is 5.97 Å². The van der Waals surface area contributed by atoms with Crippen molar-refractivity contribution in [2.24, 2.45) is 0 Å². The van der Waals surface area contributed by atoms with E-state index in [1.807, 2.05) is 20.1 Å². The van der Waals surface area contributed by atoms with Crippen molar-refractivity contribution >= 4 is 40.0 Å². The highest BCUT2D eigenvalue weighted by molar-refractivity contribution is 7.98. The number of hydrogen-bond donors (Lipinski definition) is 1. The number of rotatable bonds is 7. The molecule has 1 N–H and O–H groups in total. The first kappa shape index (κ1) is 17.0. The number of carbonyl (C=O) groups excluding carboxylic acids is 2. The fraction of sp³-hybridized carbons (Fsp3) is 0.571. The number of carbonyl (C=O) groups is 2. The van der Waals surface area contributed by atoms with Crippen molar-refractivity contribution in [3.63, 3.8) is 0 Å². The van der Waals surface area contributed by atoms with Crippen LogP contribution in [-0.2, 0) is 9.53 Å². The molecule has 0 saturated heterocycles. The van der Waals surface area contributed by atoms with E-state index < -0.39 is 0 Å². The SMILES string of the molecule is CCOC(=O)c1c(NC(=O)CCCSC)sc(C)c1C. The number of nitrogens with one attached hydrogen (secondary N) is 1. The zero-order valence-corrected chi connectivity index (χ0v) is 14.0. The molecule has 0 saturated carbocycles. The molecule has 0 aliphatic heterocycles. The highest BCUT2D eigenvalue weighted by atomic mass is 32.2. The second-order valence-electron chi connectivity index (χ2n) is 4.35. The third-order valence-electron chi connectivity index (χ3n) is 2.87. The minimum Gasteiger partial charge on any atom is -0.462 e. The molecule has 20 heavy (non-hydrogen) atoms. The van der Waals surface area contributed by atoms with E-state index in [0.717, 1.165) is 22.6 Å². The maximum atomic E-state index is 12.0. The molecule has 0 aromatic carbocycles. The van der Waals surface area contributed by atoms with Crippen LogP contribution in [-0.4, -0.2) is 30.5 Å². The third kappa shape index (κ3) is 4.52. The Bertz CT molecular complexity index is 483. The van der Waals surface area contributed by atoms with Crippen LogP contribution in [0.1, 0.15) is 40.6 Å². The molecule has 1 aromatic heterocycles. The van der Waals surface area contributed by atoms with E-state index in [0.29, 0.717) is 23.6 Å². The van der Waals surface area contributed by atoms with Crippen molar-refractivity contribution in [3.05, 3.63) is 16.0 Å². The Morgan fingerprint density at radius 3 is 2.65 bits per heavy atom. The molecule has 0 aliphatic rings. The first-order chi connectivity index (χ1) is 9.51. The predicted octanol–water partition coefficient (Wildman–Crippen LogP) is 3.62. The van der Waals surface area contributed by atoms with Crippen LogP contribution < -0.4 is 5.32 Å². The fourth-order valence-corrected chi connectivity index (χ4v) is 3.23. The molecule has 4 nitrogen and oxygen atoms in total. The van der Waals surface area contributed by atoms with Crippen LogP contribution in [0, 0.1) is 13.8 Å². The van der Waals surface area contributed by atoms with Gasteiger partial charge in [-0.3, -0.25) is 4.79 Å². The summed E-state index contributed by atoms with van der Waals surface area (Å²) in [6, 6.07) is 0. The van der Waals surface area contributed by atoms with Crippen LogP contribution in [0.3, 0.4) is 0 Å². The van der Waals surface area contributed by atoms with Crippen LogP contribution in [0.2, 0.25) is 0 Å². The van der Waals surface area contributed by atoms with Gasteiger partial charge in [0.05, 0.1) is 12.2 Å². The number of amides is 1. The van der Waals surface area contributed by atoms with Gasteiger partial charge in [-0.15, -0.1) is 11.3 Å². The number of aryl methyl sites for hydroxylation is 1. The molecule has 1 rings (SSSR count). The quantitative estimate of drug-likeness (QED) is 0.617. The van der Waals surface area contributed by atoms with Gasteiger partial charge in [0, 0.05) is 11.3 Å². The second-order valence-corrected chi connectivity index (χ2v) is 6.56. The Morgan fingerprint density at radius 2 is 2.05 bits per heavy atom. The van der Waals surface area contributed by atoms with Crippen LogP contribution in [0.25, 0.3) is 0 Å². The molecule has 0 bridgehead atoms. The molecule has 0 spiro atoms. The van der Waals surface area contributed by atoms with Gasteiger partial charge in [-0.25, -0.2) is 4.79 Å². The van der Waals surface area contributed by atoms with E-state index in [1.54, 1.807) is 18.7 Å². The van der Waals surface area contributed by atoms with Gasteiger partial charge in [0.25, 0.3) is 0 Å². The first-order valence-electron chi connectivity index (χ1n) is 6.57. The highest BCUT2D eigenvalue weighted by Crippen LogP contribution is 2.33. The minimum atomic E-state index is -0.367. The summed E-state index contributed by atoms with van der Waals surface area (Å²) in [4.78, 5) is 24.9. The van der Waals surface area contributed by atoms with Crippen LogP contribution >= 0.6 is 23.1 Å². The monoisotopic (exact) mass is 315 g/mol. The molecule has 0 fully saturated rings. The molecular formula is C14H21NO3S2. The van der Waals surface area contributed by atoms with Gasteiger partial charge < -0.3 is 10.1 Å². The summed E-state index contributed by atoms with van der Waals surface area (Å²) in [5.41, 5.74) is 1.38. The lowest BCUT2D eigenvalue weighted by atomic mass is 10.1. The second kappa shape index (κ2) is 8.32. The predicted molar refractivity (Wildman–Crippen MR) is 86.0 cm³/mol. The maximum Gasteiger partial charge on any atom is 0.341 e. The zero-order chi connectivity index (χ0) is 15.1. The largest absolute Gasteiger partial charge is 0.462 e. The number of anilines is 1. The summed E-state index contributed by atoms with van der Waals surface area (Å²) in [6.45, 7) is 5.91. The molecule has 0 radical (unpaired) electrons. The smallest absolute Gasteiger partial charge is 0.341 e. The van der Waals surface area contributed by atoms with Crippen LogP contribution in [0.4, 0.5) is 5.00 Å². The fourth-order valence-electron chi connectivity index (χ4n) is 1.73. The molecule has 1 heterocycles. The molecule has 6 heteroatoms. The summed E-state index contributed by atoms with van der Waals surface area (Å²) in [7, 11) is 0. The summed E-state index contributed by atoms with van der Waals surface area (Å²) < 4.78 is 5.06. The topological polar surface area (TPSA) is 55.4 Å². The van der Waals surface area contributed by atoms with Crippen molar-refractivity contribution in [1.82, 2.24) is 0 Å². The zero-order valence-electron chi connectivity index (χ0n) is 12.4. The van der Waals surface area contributed by atoms with Crippen molar-refractivity contribution in [2.75, 3.05) is 23.9 Å². The number of esters is 1. The third-order valence-corrected chi connectivity index (χ3v) is 4.69. The first-order valence-corrected chi connectivity index (χ1v) is 8.78. The van der Waals surface area contributed by atoms with Gasteiger partial charge in [0.1, 0.15) is 5.00 Å². The Balaban J connectivity index is 2.81. The Hall–Kier alpha value is -1.01. The molecular weight excluding hydrogens is 294 g/mol. The lowest BCUT2D eigenvalue weighted by Gasteiger charge is -2.07. The standard InChI is InChI=1S/C14H21NO3S2/c1-5-18-14(17)12-9(2)10(3)20-13(12)15-11(16)7-6-8-19-4/h5-8H2,1-4H3,(H,15,16). The van der Waals surface area contributed by atoms with Gasteiger partial charge in [-0.1, -0.05) is 0 Å². The van der Waals surface area contributed by atoms with Crippen LogP contribution in [0.5, 0.6) is 0 Å². The Labute approximate surface area is 128 Å². The minimum absolute atomic E-state index is 0.0501. The van der Waals surface area contributed by atoms with Crippen molar-refractivity contribution in [1.29, 1.82) is 0 Å². The molecule has 112 valence electrons. The summed E-state index contributed by atoms with van der Waals surface area (Å²) in [5, 5.41) is 3.44. The average molecular weight is 315 g/mol. The van der Waals surface area contributed by atoms with Crippen LogP contribution in [0.15, 0.2) is 0 Å². The van der Waals surface area contributed by atoms with E-state index >= 15 is 0 Å². The summed E-state index contributed by atoms with van der Waals surface area (Å²) in [5.74, 6) is 0.542. The van der Waals surface area contributed by atoms with Gasteiger partial charge in [0.15, 0.2) is 0 Å². The summed E-state index contributed by atoms with van der Waals surface area (Å²) >= 11 is 3.14. The molecule has 0 aliphatic carbocycles. The molecule has 0 atom stereocenters.